The Morgan fingerprint density at radius 3 is 2.39 bits per heavy atom. The number of carbonyl (C=O) groups is 1. The highest BCUT2D eigenvalue weighted by atomic mass is 19.3. The molecule has 2 fully saturated rings. The monoisotopic (exact) mass is 256 g/mol. The summed E-state index contributed by atoms with van der Waals surface area (Å²) < 4.78 is 25.5. The van der Waals surface area contributed by atoms with Crippen molar-refractivity contribution in [1.82, 2.24) is 4.90 Å². The molecule has 18 heavy (non-hydrogen) atoms. The normalized spacial score (nSPS) is 26.2. The van der Waals surface area contributed by atoms with Crippen LogP contribution in [0.3, 0.4) is 0 Å². The van der Waals surface area contributed by atoms with E-state index in [-0.39, 0.29) is 24.2 Å². The van der Waals surface area contributed by atoms with Crippen LogP contribution in [0.1, 0.15) is 39.0 Å². The van der Waals surface area contributed by atoms with Crippen molar-refractivity contribution >= 4 is 5.91 Å². The van der Waals surface area contributed by atoms with E-state index in [1.165, 1.54) is 0 Å². The summed E-state index contributed by atoms with van der Waals surface area (Å²) >= 11 is 0. The van der Waals surface area contributed by atoms with Crippen LogP contribution in [0.5, 0.6) is 0 Å². The maximum absolute atomic E-state index is 12.7. The van der Waals surface area contributed by atoms with E-state index in [1.807, 2.05) is 0 Å². The van der Waals surface area contributed by atoms with Crippen LogP contribution in [0.15, 0.2) is 0 Å². The molecule has 0 radical (unpaired) electrons. The molecule has 1 aliphatic carbocycles. The van der Waals surface area contributed by atoms with Gasteiger partial charge in [0.15, 0.2) is 0 Å². The second-order valence-corrected chi connectivity index (χ2v) is 5.93. The third-order valence-electron chi connectivity index (χ3n) is 4.23. The average Bonchev–Trinajstić information content (AvgIpc) is 2.26. The van der Waals surface area contributed by atoms with Crippen LogP contribution in [-0.2, 0) is 4.79 Å². The Morgan fingerprint density at radius 1 is 1.39 bits per heavy atom. The van der Waals surface area contributed by atoms with Crippen LogP contribution in [0.4, 0.5) is 8.78 Å². The van der Waals surface area contributed by atoms with Gasteiger partial charge in [-0.2, -0.15) is 5.26 Å². The molecule has 0 N–H and O–H groups in total. The minimum Gasteiger partial charge on any atom is -0.342 e. The lowest BCUT2D eigenvalue weighted by molar-refractivity contribution is -0.161. The summed E-state index contributed by atoms with van der Waals surface area (Å²) in [6.45, 7) is 3.24. The smallest absolute Gasteiger partial charge is 0.249 e. The minimum atomic E-state index is -2.63. The SMILES string of the molecule is CC1(CC#N)CCN(C(=O)C2CC(F)(F)C2)CC1. The van der Waals surface area contributed by atoms with Gasteiger partial charge in [0.25, 0.3) is 0 Å². The van der Waals surface area contributed by atoms with E-state index in [9.17, 15) is 13.6 Å². The largest absolute Gasteiger partial charge is 0.342 e. The summed E-state index contributed by atoms with van der Waals surface area (Å²) in [6, 6.07) is 2.18. The van der Waals surface area contributed by atoms with Gasteiger partial charge < -0.3 is 4.90 Å². The van der Waals surface area contributed by atoms with Crippen molar-refractivity contribution in [3.05, 3.63) is 0 Å². The predicted octanol–water partition coefficient (Wildman–Crippen LogP) is 2.57. The number of nitriles is 1. The Labute approximate surface area is 106 Å². The zero-order valence-electron chi connectivity index (χ0n) is 10.6. The van der Waals surface area contributed by atoms with Crippen molar-refractivity contribution in [3.63, 3.8) is 0 Å². The first kappa shape index (κ1) is 13.3. The molecule has 0 aromatic heterocycles. The molecule has 5 heteroatoms. The highest BCUT2D eigenvalue weighted by Crippen LogP contribution is 2.44. The molecule has 0 unspecified atom stereocenters. The lowest BCUT2D eigenvalue weighted by Gasteiger charge is -2.42. The maximum atomic E-state index is 12.7. The molecule has 2 rings (SSSR count). The molecule has 1 saturated carbocycles. The van der Waals surface area contributed by atoms with Gasteiger partial charge >= 0.3 is 0 Å². The average molecular weight is 256 g/mol. The van der Waals surface area contributed by atoms with Crippen LogP contribution >= 0.6 is 0 Å². The van der Waals surface area contributed by atoms with Crippen molar-refractivity contribution in [1.29, 1.82) is 5.26 Å². The van der Waals surface area contributed by atoms with Gasteiger partial charge in [-0.1, -0.05) is 6.92 Å². The first-order valence-electron chi connectivity index (χ1n) is 6.39. The second-order valence-electron chi connectivity index (χ2n) is 5.93. The predicted molar refractivity (Wildman–Crippen MR) is 61.8 cm³/mol. The van der Waals surface area contributed by atoms with Crippen LogP contribution in [-0.4, -0.2) is 29.8 Å². The Morgan fingerprint density at radius 2 is 1.94 bits per heavy atom. The van der Waals surface area contributed by atoms with E-state index in [2.05, 4.69) is 13.0 Å². The third-order valence-corrected chi connectivity index (χ3v) is 4.23. The molecule has 3 nitrogen and oxygen atoms in total. The number of hydrogen-bond donors (Lipinski definition) is 0. The van der Waals surface area contributed by atoms with Gasteiger partial charge in [0, 0.05) is 38.3 Å². The first-order chi connectivity index (χ1) is 8.35. The molecule has 0 aromatic rings. The zero-order valence-corrected chi connectivity index (χ0v) is 10.6. The zero-order chi connectivity index (χ0) is 13.4. The maximum Gasteiger partial charge on any atom is 0.249 e. The summed E-state index contributed by atoms with van der Waals surface area (Å²) in [7, 11) is 0. The van der Waals surface area contributed by atoms with E-state index in [4.69, 9.17) is 5.26 Å². The van der Waals surface area contributed by atoms with Gasteiger partial charge in [0.1, 0.15) is 0 Å². The Hall–Kier alpha value is -1.18. The summed E-state index contributed by atoms with van der Waals surface area (Å²) in [5.74, 6) is -3.24. The number of likely N-dealkylation sites (tertiary alicyclic amines) is 1. The highest BCUT2D eigenvalue weighted by Gasteiger charge is 2.50. The second kappa shape index (κ2) is 4.49. The molecule has 2 aliphatic rings. The molecule has 1 heterocycles. The topological polar surface area (TPSA) is 44.1 Å². The van der Waals surface area contributed by atoms with Crippen LogP contribution in [0.25, 0.3) is 0 Å². The number of hydrogen-bond acceptors (Lipinski definition) is 2. The van der Waals surface area contributed by atoms with Gasteiger partial charge in [-0.25, -0.2) is 8.78 Å². The number of nitrogens with zero attached hydrogens (tertiary/aromatic N) is 2. The van der Waals surface area contributed by atoms with E-state index in [0.29, 0.717) is 19.5 Å². The van der Waals surface area contributed by atoms with Crippen LogP contribution in [0, 0.1) is 22.7 Å². The Balaban J connectivity index is 1.84. The number of alkyl halides is 2. The quantitative estimate of drug-likeness (QED) is 0.762. The minimum absolute atomic E-state index is 0.0188. The van der Waals surface area contributed by atoms with Crippen LogP contribution < -0.4 is 0 Å². The summed E-state index contributed by atoms with van der Waals surface area (Å²) in [6.07, 6.45) is 1.48. The number of rotatable bonds is 2. The molecule has 100 valence electrons. The number of amides is 1. The highest BCUT2D eigenvalue weighted by molar-refractivity contribution is 5.80. The fourth-order valence-corrected chi connectivity index (χ4v) is 2.73. The molecule has 0 spiro atoms. The fourth-order valence-electron chi connectivity index (χ4n) is 2.73. The van der Waals surface area contributed by atoms with Gasteiger partial charge in [-0.15, -0.1) is 0 Å². The van der Waals surface area contributed by atoms with Crippen molar-refractivity contribution < 1.29 is 13.6 Å². The molecule has 1 amide bonds. The van der Waals surface area contributed by atoms with E-state index >= 15 is 0 Å². The summed E-state index contributed by atoms with van der Waals surface area (Å²) in [5.41, 5.74) is -0.0188. The van der Waals surface area contributed by atoms with Crippen molar-refractivity contribution in [2.45, 2.75) is 45.0 Å². The van der Waals surface area contributed by atoms with Crippen LogP contribution in [0.2, 0.25) is 0 Å². The Bertz CT molecular complexity index is 373. The van der Waals surface area contributed by atoms with Crippen molar-refractivity contribution in [3.8, 4) is 6.07 Å². The van der Waals surface area contributed by atoms with E-state index in [1.54, 1.807) is 4.90 Å². The summed E-state index contributed by atoms with van der Waals surface area (Å²) in [4.78, 5) is 13.7. The number of piperidine rings is 1. The molecular weight excluding hydrogens is 238 g/mol. The molecule has 1 saturated heterocycles. The van der Waals surface area contributed by atoms with E-state index in [0.717, 1.165) is 12.8 Å². The fraction of sp³-hybridized carbons (Fsp3) is 0.846. The Kier molecular flexibility index (Phi) is 3.31. The lowest BCUT2D eigenvalue weighted by atomic mass is 9.76. The molecular formula is C13H18F2N2O. The van der Waals surface area contributed by atoms with Gasteiger partial charge in [-0.3, -0.25) is 4.79 Å². The molecule has 1 aliphatic heterocycles. The van der Waals surface area contributed by atoms with Gasteiger partial charge in [0.05, 0.1) is 6.07 Å². The molecule has 0 atom stereocenters. The first-order valence-corrected chi connectivity index (χ1v) is 6.39. The molecule has 0 aromatic carbocycles. The summed E-state index contributed by atoms with van der Waals surface area (Å²) in [5, 5.41) is 8.74. The number of carbonyl (C=O) groups excluding carboxylic acids is 1. The molecule has 0 bridgehead atoms. The lowest BCUT2D eigenvalue weighted by Crippen LogP contribution is -2.50. The van der Waals surface area contributed by atoms with Crippen molar-refractivity contribution in [2.24, 2.45) is 11.3 Å². The van der Waals surface area contributed by atoms with E-state index < -0.39 is 11.8 Å². The number of halogens is 2. The van der Waals surface area contributed by atoms with Gasteiger partial charge in [0.2, 0.25) is 11.8 Å². The standard InChI is InChI=1S/C13H18F2N2O/c1-12(2-5-16)3-6-17(7-4-12)11(18)10-8-13(14,15)9-10/h10H,2-4,6-9H2,1H3. The third kappa shape index (κ3) is 2.63. The van der Waals surface area contributed by atoms with Gasteiger partial charge in [-0.05, 0) is 18.3 Å². The van der Waals surface area contributed by atoms with Crippen molar-refractivity contribution in [2.75, 3.05) is 13.1 Å².